The Morgan fingerprint density at radius 1 is 1.33 bits per heavy atom. The minimum atomic E-state index is -0.0815. The van der Waals surface area contributed by atoms with Crippen LogP contribution in [0.15, 0.2) is 66.3 Å². The number of hydrazine groups is 1. The quantitative estimate of drug-likeness (QED) is 0.767. The molecule has 2 aliphatic heterocycles. The standard InChI is InChI=1S/C23H27N5O2/c1-16-12-22(29)25-20-7-10-28(24-14-19(16)20)11-8-23(30)27(3)15-17-4-5-21-18(13-17)6-9-26(21)2/h4-11,13,16,24H,12,14-15H2,1-3H3,(H,25,29)/b11-8+. The van der Waals surface area contributed by atoms with Crippen LogP contribution in [-0.2, 0) is 23.2 Å². The molecule has 7 heteroatoms. The minimum absolute atomic E-state index is 0.0420. The van der Waals surface area contributed by atoms with Crippen LogP contribution in [0.5, 0.6) is 0 Å². The lowest BCUT2D eigenvalue weighted by Gasteiger charge is -2.24. The maximum Gasteiger partial charge on any atom is 0.248 e. The first kappa shape index (κ1) is 20.0. The van der Waals surface area contributed by atoms with E-state index in [1.807, 2.05) is 25.5 Å². The molecule has 0 fully saturated rings. The van der Waals surface area contributed by atoms with Crippen molar-refractivity contribution in [3.63, 3.8) is 0 Å². The number of aromatic nitrogens is 1. The van der Waals surface area contributed by atoms with Crippen LogP contribution in [0, 0.1) is 5.92 Å². The van der Waals surface area contributed by atoms with Crippen LogP contribution < -0.4 is 10.7 Å². The molecule has 0 radical (unpaired) electrons. The predicted molar refractivity (Wildman–Crippen MR) is 116 cm³/mol. The molecule has 156 valence electrons. The second-order valence-corrected chi connectivity index (χ2v) is 7.98. The van der Waals surface area contributed by atoms with Gasteiger partial charge in [-0.2, -0.15) is 0 Å². The number of hydrogen-bond acceptors (Lipinski definition) is 4. The largest absolute Gasteiger partial charge is 0.351 e. The Hall–Kier alpha value is -3.32. The van der Waals surface area contributed by atoms with Crippen LogP contribution in [0.3, 0.4) is 0 Å². The zero-order valence-corrected chi connectivity index (χ0v) is 17.6. The van der Waals surface area contributed by atoms with Crippen molar-refractivity contribution in [2.75, 3.05) is 13.6 Å². The third-order valence-electron chi connectivity index (χ3n) is 5.68. The highest BCUT2D eigenvalue weighted by atomic mass is 16.2. The molecule has 2 aromatic rings. The summed E-state index contributed by atoms with van der Waals surface area (Å²) in [6.07, 6.45) is 9.48. The molecule has 30 heavy (non-hydrogen) atoms. The molecule has 0 aliphatic carbocycles. The maximum atomic E-state index is 12.6. The molecule has 3 heterocycles. The molecule has 1 atom stereocenters. The molecular weight excluding hydrogens is 378 g/mol. The summed E-state index contributed by atoms with van der Waals surface area (Å²) < 4.78 is 2.08. The average Bonchev–Trinajstić information content (AvgIpc) is 2.94. The number of fused-ring (bicyclic) bond motifs is 1. The van der Waals surface area contributed by atoms with Gasteiger partial charge in [0.15, 0.2) is 0 Å². The molecule has 2 amide bonds. The number of nitrogens with zero attached hydrogens (tertiary/aromatic N) is 3. The number of carbonyl (C=O) groups is 2. The van der Waals surface area contributed by atoms with Crippen molar-refractivity contribution in [1.29, 1.82) is 0 Å². The molecule has 1 aromatic heterocycles. The Morgan fingerprint density at radius 3 is 3.00 bits per heavy atom. The number of nitrogens with one attached hydrogen (secondary N) is 2. The van der Waals surface area contributed by atoms with Gasteiger partial charge in [0.2, 0.25) is 11.8 Å². The highest BCUT2D eigenvalue weighted by Crippen LogP contribution is 2.24. The van der Waals surface area contributed by atoms with Crippen LogP contribution >= 0.6 is 0 Å². The fourth-order valence-corrected chi connectivity index (χ4v) is 3.91. The van der Waals surface area contributed by atoms with E-state index < -0.39 is 0 Å². The van der Waals surface area contributed by atoms with E-state index in [-0.39, 0.29) is 17.7 Å². The van der Waals surface area contributed by atoms with Gasteiger partial charge in [-0.15, -0.1) is 0 Å². The van der Waals surface area contributed by atoms with Crippen LogP contribution in [0.2, 0.25) is 0 Å². The summed E-state index contributed by atoms with van der Waals surface area (Å²) in [5.41, 5.74) is 7.55. The number of carbonyl (C=O) groups excluding carboxylic acids is 2. The van der Waals surface area contributed by atoms with Crippen LogP contribution in [0.1, 0.15) is 18.9 Å². The predicted octanol–water partition coefficient (Wildman–Crippen LogP) is 2.39. The van der Waals surface area contributed by atoms with Crippen molar-refractivity contribution in [3.8, 4) is 0 Å². The second kappa shape index (κ2) is 8.20. The lowest BCUT2D eigenvalue weighted by molar-refractivity contribution is -0.125. The molecule has 1 unspecified atom stereocenters. The van der Waals surface area contributed by atoms with E-state index in [0.717, 1.165) is 11.3 Å². The SMILES string of the molecule is CC1CC(=O)NC2=C1CNN(/C=C/C(=O)N(C)Cc1ccc3c(ccn3C)c1)C=C2. The van der Waals surface area contributed by atoms with Crippen molar-refractivity contribution in [3.05, 3.63) is 71.8 Å². The van der Waals surface area contributed by atoms with Crippen LogP contribution in [-0.4, -0.2) is 39.9 Å². The third kappa shape index (κ3) is 4.16. The van der Waals surface area contributed by atoms with Gasteiger partial charge in [0, 0.05) is 69.5 Å². The molecule has 0 saturated heterocycles. The zero-order chi connectivity index (χ0) is 21.3. The van der Waals surface area contributed by atoms with Gasteiger partial charge in [0.05, 0.1) is 0 Å². The van der Waals surface area contributed by atoms with Crippen molar-refractivity contribution < 1.29 is 9.59 Å². The van der Waals surface area contributed by atoms with Gasteiger partial charge in [-0.05, 0) is 46.7 Å². The average molecular weight is 406 g/mol. The number of likely N-dealkylation sites (N-methyl/N-ethyl adjacent to an activating group) is 1. The Morgan fingerprint density at radius 2 is 2.17 bits per heavy atom. The summed E-state index contributed by atoms with van der Waals surface area (Å²) in [6.45, 7) is 3.21. The minimum Gasteiger partial charge on any atom is -0.351 e. The summed E-state index contributed by atoms with van der Waals surface area (Å²) in [5.74, 6) is 0.159. The number of benzene rings is 1. The Bertz CT molecular complexity index is 1080. The van der Waals surface area contributed by atoms with Crippen LogP contribution in [0.4, 0.5) is 0 Å². The Labute approximate surface area is 176 Å². The molecule has 0 spiro atoms. The second-order valence-electron chi connectivity index (χ2n) is 7.98. The number of aryl methyl sites for hydroxylation is 1. The lowest BCUT2D eigenvalue weighted by atomic mass is 9.92. The molecule has 2 N–H and O–H groups in total. The van der Waals surface area contributed by atoms with Crippen LogP contribution in [0.25, 0.3) is 10.9 Å². The number of amides is 2. The summed E-state index contributed by atoms with van der Waals surface area (Å²) in [6, 6.07) is 8.34. The maximum absolute atomic E-state index is 12.6. The van der Waals surface area contributed by atoms with Gasteiger partial charge in [0.1, 0.15) is 0 Å². The number of hydrogen-bond donors (Lipinski definition) is 2. The molecule has 1 aromatic carbocycles. The summed E-state index contributed by atoms with van der Waals surface area (Å²) in [7, 11) is 3.82. The number of allylic oxidation sites excluding steroid dienone is 1. The first-order chi connectivity index (χ1) is 14.4. The van der Waals surface area contributed by atoms with Gasteiger partial charge in [-0.25, -0.2) is 5.43 Å². The molecule has 4 rings (SSSR count). The van der Waals surface area contributed by atoms with E-state index in [1.165, 1.54) is 16.5 Å². The molecule has 0 saturated carbocycles. The normalized spacial score (nSPS) is 19.2. The van der Waals surface area contributed by atoms with E-state index in [9.17, 15) is 9.59 Å². The van der Waals surface area contributed by atoms with Gasteiger partial charge in [-0.3, -0.25) is 14.6 Å². The third-order valence-corrected chi connectivity index (χ3v) is 5.68. The highest BCUT2D eigenvalue weighted by molar-refractivity contribution is 5.87. The molecule has 2 aliphatic rings. The topological polar surface area (TPSA) is 69.6 Å². The highest BCUT2D eigenvalue weighted by Gasteiger charge is 2.24. The first-order valence-corrected chi connectivity index (χ1v) is 10.1. The van der Waals surface area contributed by atoms with E-state index in [0.29, 0.717) is 19.5 Å². The Balaban J connectivity index is 1.37. The van der Waals surface area contributed by atoms with E-state index >= 15 is 0 Å². The van der Waals surface area contributed by atoms with Crippen molar-refractivity contribution in [2.24, 2.45) is 13.0 Å². The summed E-state index contributed by atoms with van der Waals surface area (Å²) >= 11 is 0. The van der Waals surface area contributed by atoms with Gasteiger partial charge >= 0.3 is 0 Å². The van der Waals surface area contributed by atoms with E-state index in [4.69, 9.17) is 0 Å². The fourth-order valence-electron chi connectivity index (χ4n) is 3.91. The van der Waals surface area contributed by atoms with E-state index in [1.54, 1.807) is 29.2 Å². The fraction of sp³-hybridized carbons (Fsp3) is 0.304. The van der Waals surface area contributed by atoms with E-state index in [2.05, 4.69) is 46.5 Å². The zero-order valence-electron chi connectivity index (χ0n) is 17.6. The lowest BCUT2D eigenvalue weighted by Crippen LogP contribution is -2.36. The van der Waals surface area contributed by atoms with Crippen molar-refractivity contribution in [1.82, 2.24) is 25.2 Å². The van der Waals surface area contributed by atoms with Gasteiger partial charge in [0.25, 0.3) is 0 Å². The number of rotatable bonds is 4. The first-order valence-electron chi connectivity index (χ1n) is 10.1. The molecular formula is C23H27N5O2. The molecule has 0 bridgehead atoms. The Kier molecular flexibility index (Phi) is 5.46. The van der Waals surface area contributed by atoms with Gasteiger partial charge in [-0.1, -0.05) is 13.0 Å². The van der Waals surface area contributed by atoms with Gasteiger partial charge < -0.3 is 14.8 Å². The van der Waals surface area contributed by atoms with Crippen molar-refractivity contribution >= 4 is 22.7 Å². The van der Waals surface area contributed by atoms with Crippen molar-refractivity contribution in [2.45, 2.75) is 19.9 Å². The monoisotopic (exact) mass is 405 g/mol. The smallest absolute Gasteiger partial charge is 0.248 e. The summed E-state index contributed by atoms with van der Waals surface area (Å²) in [4.78, 5) is 26.0. The summed E-state index contributed by atoms with van der Waals surface area (Å²) in [5, 5.41) is 5.84. The molecule has 7 nitrogen and oxygen atoms in total.